The molecule has 0 radical (unpaired) electrons. The first kappa shape index (κ1) is 10.5. The Kier molecular flexibility index (Phi) is 6.09. The Morgan fingerprint density at radius 1 is 1.62 bits per heavy atom. The van der Waals surface area contributed by atoms with Gasteiger partial charge in [0.25, 0.3) is 0 Å². The summed E-state index contributed by atoms with van der Waals surface area (Å²) in [4.78, 5) is 10.2. The van der Waals surface area contributed by atoms with E-state index >= 15 is 0 Å². The van der Waals surface area contributed by atoms with E-state index in [0.29, 0.717) is 5.57 Å². The summed E-state index contributed by atoms with van der Waals surface area (Å²) in [5.41, 5.74) is 0.433. The maximum atomic E-state index is 10.2. The van der Waals surface area contributed by atoms with Gasteiger partial charge in [-0.05, 0) is 6.92 Å². The predicted molar refractivity (Wildman–Crippen MR) is 34.1 cm³/mol. The monoisotopic (exact) mass is 136 g/mol. The van der Waals surface area contributed by atoms with Crippen molar-refractivity contribution >= 4 is 18.4 Å². The largest absolute Gasteiger partial charge is 0.466 e. The molecule has 0 N–H and O–H groups in total. The van der Waals surface area contributed by atoms with E-state index < -0.39 is 0 Å². The topological polar surface area (TPSA) is 26.3 Å². The molecule has 0 bridgehead atoms. The molecule has 0 aliphatic heterocycles. The van der Waals surface area contributed by atoms with Crippen LogP contribution in [-0.4, -0.2) is 13.1 Å². The Labute approximate surface area is 54.9 Å². The highest BCUT2D eigenvalue weighted by Crippen LogP contribution is 1.87. The molecule has 0 fully saturated rings. The van der Waals surface area contributed by atoms with Crippen LogP contribution in [0.4, 0.5) is 0 Å². The van der Waals surface area contributed by atoms with Crippen LogP contribution in [0.3, 0.4) is 0 Å². The second kappa shape index (κ2) is 4.65. The average Bonchev–Trinajstić information content (AvgIpc) is 1.65. The first-order valence-corrected chi connectivity index (χ1v) is 1.92. The summed E-state index contributed by atoms with van der Waals surface area (Å²) in [5, 5.41) is 0. The lowest BCUT2D eigenvalue weighted by Gasteiger charge is -1.91. The van der Waals surface area contributed by atoms with Crippen LogP contribution in [0.1, 0.15) is 6.92 Å². The number of carbonyl (C=O) groups excluding carboxylic acids is 1. The van der Waals surface area contributed by atoms with Gasteiger partial charge in [0, 0.05) is 5.57 Å². The van der Waals surface area contributed by atoms with Crippen molar-refractivity contribution in [3.05, 3.63) is 12.2 Å². The second-order valence-corrected chi connectivity index (χ2v) is 1.27. The van der Waals surface area contributed by atoms with Crippen molar-refractivity contribution in [1.82, 2.24) is 0 Å². The summed E-state index contributed by atoms with van der Waals surface area (Å²) in [6.07, 6.45) is 0. The first-order valence-electron chi connectivity index (χ1n) is 1.92. The van der Waals surface area contributed by atoms with Crippen molar-refractivity contribution in [2.45, 2.75) is 6.92 Å². The molecule has 0 aromatic heterocycles. The number of rotatable bonds is 1. The number of esters is 1. The summed E-state index contributed by atoms with van der Waals surface area (Å²) in [5.74, 6) is -0.347. The number of hydrogen-bond acceptors (Lipinski definition) is 2. The maximum absolute atomic E-state index is 10.2. The van der Waals surface area contributed by atoms with Crippen LogP contribution in [0.25, 0.3) is 0 Å². The highest BCUT2D eigenvalue weighted by Gasteiger charge is 1.95. The Bertz CT molecular complexity index is 98.6. The average molecular weight is 137 g/mol. The van der Waals surface area contributed by atoms with Crippen molar-refractivity contribution in [2.24, 2.45) is 0 Å². The lowest BCUT2D eigenvalue weighted by Crippen LogP contribution is -1.98. The molecule has 0 heterocycles. The fourth-order valence-electron chi connectivity index (χ4n) is 0.174. The van der Waals surface area contributed by atoms with E-state index in [1.165, 1.54) is 7.11 Å². The fraction of sp³-hybridized carbons (Fsp3) is 0.400. The molecular weight excluding hydrogens is 128 g/mol. The molecule has 0 atom stereocenters. The summed E-state index contributed by atoms with van der Waals surface area (Å²) in [6.45, 7) is 4.95. The summed E-state index contributed by atoms with van der Waals surface area (Å²) >= 11 is 0. The number of ether oxygens (including phenoxy) is 1. The van der Waals surface area contributed by atoms with E-state index in [2.05, 4.69) is 11.3 Å². The molecule has 2 nitrogen and oxygen atoms in total. The maximum Gasteiger partial charge on any atom is 0.332 e. The van der Waals surface area contributed by atoms with Crippen molar-refractivity contribution in [3.8, 4) is 0 Å². The minimum Gasteiger partial charge on any atom is -0.466 e. The van der Waals surface area contributed by atoms with Gasteiger partial charge >= 0.3 is 5.97 Å². The Morgan fingerprint density at radius 2 is 2.00 bits per heavy atom. The summed E-state index contributed by atoms with van der Waals surface area (Å²) < 4.78 is 4.27. The van der Waals surface area contributed by atoms with Gasteiger partial charge in [0.1, 0.15) is 0 Å². The third kappa shape index (κ3) is 3.68. The van der Waals surface area contributed by atoms with Gasteiger partial charge in [-0.2, -0.15) is 0 Å². The third-order valence-corrected chi connectivity index (χ3v) is 0.534. The quantitative estimate of drug-likeness (QED) is 0.400. The molecular formula is C5H9ClO2. The van der Waals surface area contributed by atoms with Gasteiger partial charge in [0.2, 0.25) is 0 Å². The number of hydrogen-bond donors (Lipinski definition) is 0. The van der Waals surface area contributed by atoms with Crippen LogP contribution in [0.15, 0.2) is 12.2 Å². The Hall–Kier alpha value is -0.500. The standard InChI is InChI=1S/C5H8O2.ClH/c1-4(2)5(6)7-3;/h1H2,2-3H3;1H. The van der Waals surface area contributed by atoms with Gasteiger partial charge in [0.05, 0.1) is 7.11 Å². The molecule has 8 heavy (non-hydrogen) atoms. The number of methoxy groups -OCH3 is 1. The second-order valence-electron chi connectivity index (χ2n) is 1.27. The van der Waals surface area contributed by atoms with Crippen molar-refractivity contribution in [1.29, 1.82) is 0 Å². The van der Waals surface area contributed by atoms with Crippen LogP contribution in [-0.2, 0) is 9.53 Å². The Balaban J connectivity index is 0. The van der Waals surface area contributed by atoms with Crippen molar-refractivity contribution in [2.75, 3.05) is 7.11 Å². The summed E-state index contributed by atoms with van der Waals surface area (Å²) in [6, 6.07) is 0. The van der Waals surface area contributed by atoms with Crippen LogP contribution >= 0.6 is 12.4 Å². The van der Waals surface area contributed by atoms with Crippen LogP contribution in [0.5, 0.6) is 0 Å². The van der Waals surface area contributed by atoms with Gasteiger partial charge in [-0.1, -0.05) is 6.58 Å². The smallest absolute Gasteiger partial charge is 0.332 e. The molecule has 0 spiro atoms. The molecule has 0 aliphatic carbocycles. The fourth-order valence-corrected chi connectivity index (χ4v) is 0.174. The highest BCUT2D eigenvalue weighted by molar-refractivity contribution is 5.86. The normalized spacial score (nSPS) is 6.75. The van der Waals surface area contributed by atoms with Gasteiger partial charge in [-0.15, -0.1) is 12.4 Å². The third-order valence-electron chi connectivity index (χ3n) is 0.534. The number of halogens is 1. The van der Waals surface area contributed by atoms with Crippen LogP contribution in [0, 0.1) is 0 Å². The van der Waals surface area contributed by atoms with E-state index in [9.17, 15) is 4.79 Å². The molecule has 0 unspecified atom stereocenters. The van der Waals surface area contributed by atoms with E-state index in [1.807, 2.05) is 0 Å². The first-order chi connectivity index (χ1) is 3.18. The minimum absolute atomic E-state index is 0. The minimum atomic E-state index is -0.347. The van der Waals surface area contributed by atoms with Crippen LogP contribution < -0.4 is 0 Å². The summed E-state index contributed by atoms with van der Waals surface area (Å²) in [7, 11) is 1.33. The molecule has 0 aromatic rings. The van der Waals surface area contributed by atoms with Gasteiger partial charge in [-0.3, -0.25) is 0 Å². The molecule has 0 rings (SSSR count). The van der Waals surface area contributed by atoms with Gasteiger partial charge in [-0.25, -0.2) is 4.79 Å². The Morgan fingerprint density at radius 3 is 2.00 bits per heavy atom. The van der Waals surface area contributed by atoms with E-state index in [-0.39, 0.29) is 18.4 Å². The lowest BCUT2D eigenvalue weighted by atomic mass is 10.4. The molecule has 0 saturated carbocycles. The highest BCUT2D eigenvalue weighted by atomic mass is 35.5. The zero-order chi connectivity index (χ0) is 5.86. The molecule has 0 saturated heterocycles. The zero-order valence-electron chi connectivity index (χ0n) is 4.93. The SMILES string of the molecule is C=C(C)C(=O)OC.Cl. The molecule has 0 amide bonds. The van der Waals surface area contributed by atoms with Crippen LogP contribution in [0.2, 0.25) is 0 Å². The molecule has 48 valence electrons. The van der Waals surface area contributed by atoms with E-state index in [1.54, 1.807) is 6.92 Å². The lowest BCUT2D eigenvalue weighted by molar-refractivity contribution is -0.135. The van der Waals surface area contributed by atoms with Gasteiger partial charge in [0.15, 0.2) is 0 Å². The number of carbonyl (C=O) groups is 1. The molecule has 0 aliphatic rings. The van der Waals surface area contributed by atoms with Crippen molar-refractivity contribution < 1.29 is 9.53 Å². The predicted octanol–water partition coefficient (Wildman–Crippen LogP) is 1.16. The van der Waals surface area contributed by atoms with Gasteiger partial charge < -0.3 is 4.74 Å². The molecule has 0 aromatic carbocycles. The molecule has 3 heteroatoms. The van der Waals surface area contributed by atoms with Crippen molar-refractivity contribution in [3.63, 3.8) is 0 Å². The zero-order valence-corrected chi connectivity index (χ0v) is 5.75. The van der Waals surface area contributed by atoms with E-state index in [0.717, 1.165) is 0 Å². The van der Waals surface area contributed by atoms with E-state index in [4.69, 9.17) is 0 Å².